The average molecular weight is 152 g/mol. The number of nitrogens with two attached hydrogens (primary N) is 1. The van der Waals surface area contributed by atoms with Gasteiger partial charge in [-0.3, -0.25) is 4.98 Å². The first-order valence-electron chi connectivity index (χ1n) is 3.63. The van der Waals surface area contributed by atoms with Crippen LogP contribution in [0.4, 0.5) is 0 Å². The minimum atomic E-state index is -0.513. The van der Waals surface area contributed by atoms with Crippen molar-refractivity contribution in [3.8, 4) is 0 Å². The summed E-state index contributed by atoms with van der Waals surface area (Å²) in [6, 6.07) is 5.46. The van der Waals surface area contributed by atoms with Crippen molar-refractivity contribution in [2.45, 2.75) is 12.5 Å². The lowest BCUT2D eigenvalue weighted by Gasteiger charge is -2.06. The second-order valence-corrected chi connectivity index (χ2v) is 2.35. The highest BCUT2D eigenvalue weighted by Crippen LogP contribution is 2.11. The molecule has 0 amide bonds. The Morgan fingerprint density at radius 3 is 2.91 bits per heavy atom. The Bertz CT molecular complexity index is 201. The first kappa shape index (κ1) is 8.17. The Morgan fingerprint density at radius 1 is 1.55 bits per heavy atom. The zero-order valence-corrected chi connectivity index (χ0v) is 6.27. The summed E-state index contributed by atoms with van der Waals surface area (Å²) in [7, 11) is 0. The highest BCUT2D eigenvalue weighted by Gasteiger charge is 2.05. The van der Waals surface area contributed by atoms with Gasteiger partial charge in [-0.15, -0.1) is 0 Å². The summed E-state index contributed by atoms with van der Waals surface area (Å²) >= 11 is 0. The van der Waals surface area contributed by atoms with Crippen LogP contribution in [0, 0.1) is 0 Å². The predicted molar refractivity (Wildman–Crippen MR) is 42.9 cm³/mol. The molecule has 0 fully saturated rings. The van der Waals surface area contributed by atoms with E-state index in [1.165, 1.54) is 0 Å². The fourth-order valence-corrected chi connectivity index (χ4v) is 0.879. The SMILES string of the molecule is NCC[C@H](O)c1ccccn1. The monoisotopic (exact) mass is 152 g/mol. The van der Waals surface area contributed by atoms with Crippen molar-refractivity contribution in [2.75, 3.05) is 6.54 Å². The van der Waals surface area contributed by atoms with Crippen molar-refractivity contribution in [3.05, 3.63) is 30.1 Å². The molecule has 11 heavy (non-hydrogen) atoms. The zero-order chi connectivity index (χ0) is 8.10. The van der Waals surface area contributed by atoms with Gasteiger partial charge in [0.15, 0.2) is 0 Å². The molecule has 1 atom stereocenters. The summed E-state index contributed by atoms with van der Waals surface area (Å²) < 4.78 is 0. The third-order valence-corrected chi connectivity index (χ3v) is 1.47. The third kappa shape index (κ3) is 2.29. The van der Waals surface area contributed by atoms with E-state index in [1.807, 2.05) is 12.1 Å². The van der Waals surface area contributed by atoms with Crippen molar-refractivity contribution in [1.29, 1.82) is 0 Å². The molecule has 0 bridgehead atoms. The summed E-state index contributed by atoms with van der Waals surface area (Å²) in [5.74, 6) is 0. The highest BCUT2D eigenvalue weighted by molar-refractivity contribution is 5.06. The quantitative estimate of drug-likeness (QED) is 0.661. The van der Waals surface area contributed by atoms with E-state index in [0.29, 0.717) is 18.7 Å². The molecule has 3 N–H and O–H groups in total. The summed E-state index contributed by atoms with van der Waals surface area (Å²) in [5, 5.41) is 9.38. The van der Waals surface area contributed by atoms with Crippen LogP contribution in [0.25, 0.3) is 0 Å². The van der Waals surface area contributed by atoms with Gasteiger partial charge in [-0.1, -0.05) is 6.07 Å². The second kappa shape index (κ2) is 4.05. The van der Waals surface area contributed by atoms with Crippen LogP contribution < -0.4 is 5.73 Å². The van der Waals surface area contributed by atoms with Crippen molar-refractivity contribution < 1.29 is 5.11 Å². The normalized spacial score (nSPS) is 12.9. The van der Waals surface area contributed by atoms with Gasteiger partial charge in [0.2, 0.25) is 0 Å². The molecule has 1 heterocycles. The van der Waals surface area contributed by atoms with Gasteiger partial charge in [-0.25, -0.2) is 0 Å². The van der Waals surface area contributed by atoms with Crippen molar-refractivity contribution in [1.82, 2.24) is 4.98 Å². The van der Waals surface area contributed by atoms with E-state index < -0.39 is 6.10 Å². The van der Waals surface area contributed by atoms with Crippen LogP contribution in [0.1, 0.15) is 18.2 Å². The molecule has 0 aliphatic heterocycles. The van der Waals surface area contributed by atoms with Crippen LogP contribution in [0.15, 0.2) is 24.4 Å². The summed E-state index contributed by atoms with van der Waals surface area (Å²) in [6.07, 6.45) is 1.72. The number of hydrogen-bond donors (Lipinski definition) is 2. The van der Waals surface area contributed by atoms with Gasteiger partial charge in [0, 0.05) is 6.20 Å². The molecule has 0 aliphatic rings. The maximum atomic E-state index is 9.38. The van der Waals surface area contributed by atoms with Gasteiger partial charge >= 0.3 is 0 Å². The molecular weight excluding hydrogens is 140 g/mol. The first-order valence-corrected chi connectivity index (χ1v) is 3.63. The Labute approximate surface area is 65.9 Å². The van der Waals surface area contributed by atoms with E-state index >= 15 is 0 Å². The van der Waals surface area contributed by atoms with E-state index in [2.05, 4.69) is 4.98 Å². The fraction of sp³-hybridized carbons (Fsp3) is 0.375. The standard InChI is InChI=1S/C8H12N2O/c9-5-4-8(11)7-3-1-2-6-10-7/h1-3,6,8,11H,4-5,9H2/t8-/m0/s1. The smallest absolute Gasteiger partial charge is 0.0971 e. The van der Waals surface area contributed by atoms with E-state index in [9.17, 15) is 5.11 Å². The topological polar surface area (TPSA) is 59.1 Å². The van der Waals surface area contributed by atoms with Gasteiger partial charge in [-0.05, 0) is 25.1 Å². The number of aliphatic hydroxyl groups excluding tert-OH is 1. The first-order chi connectivity index (χ1) is 5.34. The molecule has 0 unspecified atom stereocenters. The van der Waals surface area contributed by atoms with Crippen molar-refractivity contribution in [2.24, 2.45) is 5.73 Å². The van der Waals surface area contributed by atoms with Gasteiger partial charge in [-0.2, -0.15) is 0 Å². The zero-order valence-electron chi connectivity index (χ0n) is 6.27. The number of rotatable bonds is 3. The average Bonchev–Trinajstić information content (AvgIpc) is 2.07. The fourth-order valence-electron chi connectivity index (χ4n) is 0.879. The Morgan fingerprint density at radius 2 is 2.36 bits per heavy atom. The van der Waals surface area contributed by atoms with E-state index in [4.69, 9.17) is 5.73 Å². The number of pyridine rings is 1. The van der Waals surface area contributed by atoms with Crippen LogP contribution in [-0.4, -0.2) is 16.6 Å². The van der Waals surface area contributed by atoms with Crippen molar-refractivity contribution >= 4 is 0 Å². The van der Waals surface area contributed by atoms with Crippen LogP contribution in [0.3, 0.4) is 0 Å². The molecule has 1 aromatic rings. The predicted octanol–water partition coefficient (Wildman–Crippen LogP) is 0.464. The number of aromatic nitrogens is 1. The van der Waals surface area contributed by atoms with E-state index in [0.717, 1.165) is 0 Å². The van der Waals surface area contributed by atoms with Gasteiger partial charge < -0.3 is 10.8 Å². The molecular formula is C8H12N2O. The van der Waals surface area contributed by atoms with Gasteiger partial charge in [0.25, 0.3) is 0 Å². The van der Waals surface area contributed by atoms with E-state index in [1.54, 1.807) is 12.3 Å². The third-order valence-electron chi connectivity index (χ3n) is 1.47. The Hall–Kier alpha value is -0.930. The molecule has 60 valence electrons. The maximum Gasteiger partial charge on any atom is 0.0971 e. The summed E-state index contributed by atoms with van der Waals surface area (Å²) in [4.78, 5) is 3.99. The van der Waals surface area contributed by atoms with Crippen LogP contribution in [0.2, 0.25) is 0 Å². The molecule has 3 heteroatoms. The van der Waals surface area contributed by atoms with Crippen molar-refractivity contribution in [3.63, 3.8) is 0 Å². The lowest BCUT2D eigenvalue weighted by molar-refractivity contribution is 0.165. The minimum Gasteiger partial charge on any atom is -0.387 e. The highest BCUT2D eigenvalue weighted by atomic mass is 16.3. The van der Waals surface area contributed by atoms with E-state index in [-0.39, 0.29) is 0 Å². The molecule has 0 radical (unpaired) electrons. The molecule has 0 aliphatic carbocycles. The second-order valence-electron chi connectivity index (χ2n) is 2.35. The number of nitrogens with zero attached hydrogens (tertiary/aromatic N) is 1. The lowest BCUT2D eigenvalue weighted by Crippen LogP contribution is -2.07. The molecule has 0 saturated carbocycles. The largest absolute Gasteiger partial charge is 0.387 e. The summed E-state index contributed by atoms with van der Waals surface area (Å²) in [6.45, 7) is 0.484. The molecule has 0 saturated heterocycles. The number of aliphatic hydroxyl groups is 1. The molecule has 0 aromatic carbocycles. The van der Waals surface area contributed by atoms with Gasteiger partial charge in [0.1, 0.15) is 0 Å². The molecule has 1 rings (SSSR count). The molecule has 0 spiro atoms. The van der Waals surface area contributed by atoms with Crippen LogP contribution in [0.5, 0.6) is 0 Å². The maximum absolute atomic E-state index is 9.38. The minimum absolute atomic E-state index is 0.484. The Balaban J connectivity index is 2.61. The van der Waals surface area contributed by atoms with Gasteiger partial charge in [0.05, 0.1) is 11.8 Å². The number of hydrogen-bond acceptors (Lipinski definition) is 3. The molecule has 1 aromatic heterocycles. The lowest BCUT2D eigenvalue weighted by atomic mass is 10.2. The van der Waals surface area contributed by atoms with Crippen LogP contribution >= 0.6 is 0 Å². The van der Waals surface area contributed by atoms with Crippen LogP contribution in [-0.2, 0) is 0 Å². The Kier molecular flexibility index (Phi) is 3.01. The summed E-state index contributed by atoms with van der Waals surface area (Å²) in [5.41, 5.74) is 5.97. The molecule has 3 nitrogen and oxygen atoms in total.